The molecule has 0 aromatic carbocycles. The molecule has 7 heteroatoms. The highest BCUT2D eigenvalue weighted by atomic mass is 32.2. The fourth-order valence-electron chi connectivity index (χ4n) is 2.28. The average Bonchev–Trinajstić information content (AvgIpc) is 2.38. The SMILES string of the molecule is Nc1ccc(S(=O)(=O)NCC2CCCCC2O)cn1. The Bertz CT molecular complexity index is 516. The number of pyridine rings is 1. The van der Waals surface area contributed by atoms with Gasteiger partial charge < -0.3 is 10.8 Å². The molecule has 0 amide bonds. The van der Waals surface area contributed by atoms with E-state index in [-0.39, 0.29) is 23.2 Å². The van der Waals surface area contributed by atoms with Crippen molar-refractivity contribution in [3.63, 3.8) is 0 Å². The van der Waals surface area contributed by atoms with Crippen molar-refractivity contribution in [3.8, 4) is 0 Å². The molecular weight excluding hydrogens is 266 g/mol. The summed E-state index contributed by atoms with van der Waals surface area (Å²) in [4.78, 5) is 3.85. The second-order valence-electron chi connectivity index (χ2n) is 4.88. The molecule has 1 aliphatic rings. The molecule has 4 N–H and O–H groups in total. The van der Waals surface area contributed by atoms with Gasteiger partial charge in [0.2, 0.25) is 10.0 Å². The van der Waals surface area contributed by atoms with Crippen molar-refractivity contribution in [1.29, 1.82) is 0 Å². The number of hydrogen-bond acceptors (Lipinski definition) is 5. The Morgan fingerprint density at radius 2 is 2.11 bits per heavy atom. The smallest absolute Gasteiger partial charge is 0.242 e. The lowest BCUT2D eigenvalue weighted by Gasteiger charge is -2.27. The highest BCUT2D eigenvalue weighted by Crippen LogP contribution is 2.24. The number of nitrogens with one attached hydrogen (secondary N) is 1. The standard InChI is InChI=1S/C12H19N3O3S/c13-12-6-5-10(8-14-12)19(17,18)15-7-9-3-1-2-4-11(9)16/h5-6,8-9,11,15-16H,1-4,7H2,(H2,13,14). The summed E-state index contributed by atoms with van der Waals surface area (Å²) in [5.41, 5.74) is 5.42. The number of nitrogen functional groups attached to an aromatic ring is 1. The van der Waals surface area contributed by atoms with E-state index < -0.39 is 16.1 Å². The fraction of sp³-hybridized carbons (Fsp3) is 0.583. The van der Waals surface area contributed by atoms with Gasteiger partial charge in [-0.3, -0.25) is 0 Å². The summed E-state index contributed by atoms with van der Waals surface area (Å²) in [5.74, 6) is 0.270. The molecule has 6 nitrogen and oxygen atoms in total. The van der Waals surface area contributed by atoms with Crippen molar-refractivity contribution in [3.05, 3.63) is 18.3 Å². The van der Waals surface area contributed by atoms with Gasteiger partial charge in [-0.1, -0.05) is 12.8 Å². The van der Waals surface area contributed by atoms with E-state index in [2.05, 4.69) is 9.71 Å². The molecule has 2 rings (SSSR count). The van der Waals surface area contributed by atoms with Gasteiger partial charge in [0.15, 0.2) is 0 Å². The quantitative estimate of drug-likeness (QED) is 0.747. The van der Waals surface area contributed by atoms with Crippen LogP contribution in [-0.2, 0) is 10.0 Å². The van der Waals surface area contributed by atoms with Gasteiger partial charge in [-0.05, 0) is 30.9 Å². The third kappa shape index (κ3) is 3.65. The van der Waals surface area contributed by atoms with Gasteiger partial charge >= 0.3 is 0 Å². The second kappa shape index (κ2) is 5.85. The minimum atomic E-state index is -3.58. The summed E-state index contributed by atoms with van der Waals surface area (Å²) in [6.45, 7) is 0.258. The van der Waals surface area contributed by atoms with Crippen LogP contribution in [0, 0.1) is 5.92 Å². The molecule has 1 aliphatic carbocycles. The molecule has 106 valence electrons. The molecule has 0 saturated heterocycles. The van der Waals surface area contributed by atoms with E-state index in [9.17, 15) is 13.5 Å². The number of hydrogen-bond donors (Lipinski definition) is 3. The van der Waals surface area contributed by atoms with Crippen molar-refractivity contribution < 1.29 is 13.5 Å². The number of aliphatic hydroxyl groups excluding tert-OH is 1. The molecule has 19 heavy (non-hydrogen) atoms. The number of aliphatic hydroxyl groups is 1. The monoisotopic (exact) mass is 285 g/mol. The summed E-state index contributed by atoms with van der Waals surface area (Å²) >= 11 is 0. The first-order valence-corrected chi connectivity index (χ1v) is 7.86. The first kappa shape index (κ1) is 14.2. The van der Waals surface area contributed by atoms with Crippen molar-refractivity contribution in [1.82, 2.24) is 9.71 Å². The average molecular weight is 285 g/mol. The number of nitrogens with two attached hydrogens (primary N) is 1. The Labute approximate surface area is 113 Å². The zero-order valence-corrected chi connectivity index (χ0v) is 11.4. The Balaban J connectivity index is 1.99. The Kier molecular flexibility index (Phi) is 4.38. The van der Waals surface area contributed by atoms with Crippen LogP contribution in [0.25, 0.3) is 0 Å². The lowest BCUT2D eigenvalue weighted by Crippen LogP contribution is -2.36. The molecule has 0 radical (unpaired) electrons. The fourth-order valence-corrected chi connectivity index (χ4v) is 3.32. The number of nitrogens with zero attached hydrogens (tertiary/aromatic N) is 1. The van der Waals surface area contributed by atoms with E-state index in [4.69, 9.17) is 5.73 Å². The second-order valence-corrected chi connectivity index (χ2v) is 6.65. The Hall–Kier alpha value is -1.18. The Morgan fingerprint density at radius 1 is 1.37 bits per heavy atom. The molecule has 2 unspecified atom stereocenters. The van der Waals surface area contributed by atoms with E-state index in [1.54, 1.807) is 0 Å². The lowest BCUT2D eigenvalue weighted by atomic mass is 9.87. The molecule has 0 aliphatic heterocycles. The lowest BCUT2D eigenvalue weighted by molar-refractivity contribution is 0.0724. The molecule has 1 heterocycles. The third-order valence-corrected chi connectivity index (χ3v) is 4.88. The molecule has 1 aromatic heterocycles. The summed E-state index contributed by atoms with van der Waals surface area (Å²) in [7, 11) is -3.58. The predicted octanol–water partition coefficient (Wildman–Crippen LogP) is 0.493. The van der Waals surface area contributed by atoms with Gasteiger partial charge in [-0.15, -0.1) is 0 Å². The maximum atomic E-state index is 12.0. The number of sulfonamides is 1. The van der Waals surface area contributed by atoms with E-state index in [0.29, 0.717) is 0 Å². The number of anilines is 1. The summed E-state index contributed by atoms with van der Waals surface area (Å²) in [5, 5.41) is 9.81. The van der Waals surface area contributed by atoms with Gasteiger partial charge in [0.1, 0.15) is 10.7 Å². The van der Waals surface area contributed by atoms with E-state index >= 15 is 0 Å². The molecule has 1 fully saturated rings. The number of rotatable bonds is 4. The Morgan fingerprint density at radius 3 is 2.74 bits per heavy atom. The zero-order chi connectivity index (χ0) is 13.9. The van der Waals surface area contributed by atoms with E-state index in [0.717, 1.165) is 25.7 Å². The molecule has 0 spiro atoms. The zero-order valence-electron chi connectivity index (χ0n) is 10.6. The van der Waals surface area contributed by atoms with Crippen molar-refractivity contribution in [2.45, 2.75) is 36.7 Å². The van der Waals surface area contributed by atoms with E-state index in [1.165, 1.54) is 18.3 Å². The van der Waals surface area contributed by atoms with Crippen molar-refractivity contribution >= 4 is 15.8 Å². The molecule has 0 bridgehead atoms. The van der Waals surface area contributed by atoms with Crippen LogP contribution in [0.15, 0.2) is 23.2 Å². The molecule has 1 saturated carbocycles. The van der Waals surface area contributed by atoms with Crippen LogP contribution >= 0.6 is 0 Å². The summed E-state index contributed by atoms with van der Waals surface area (Å²) < 4.78 is 26.6. The third-order valence-electron chi connectivity index (χ3n) is 3.47. The molecule has 1 aromatic rings. The van der Waals surface area contributed by atoms with Crippen LogP contribution in [0.5, 0.6) is 0 Å². The minimum absolute atomic E-state index is 0.00901. The maximum Gasteiger partial charge on any atom is 0.242 e. The highest BCUT2D eigenvalue weighted by Gasteiger charge is 2.25. The van der Waals surface area contributed by atoms with Gasteiger partial charge in [-0.2, -0.15) is 0 Å². The highest BCUT2D eigenvalue weighted by molar-refractivity contribution is 7.89. The predicted molar refractivity (Wildman–Crippen MR) is 71.8 cm³/mol. The molecule has 2 atom stereocenters. The normalized spacial score (nSPS) is 24.3. The van der Waals surface area contributed by atoms with Gasteiger partial charge in [0.05, 0.1) is 6.10 Å². The largest absolute Gasteiger partial charge is 0.393 e. The van der Waals surface area contributed by atoms with Crippen LogP contribution in [0.4, 0.5) is 5.82 Å². The van der Waals surface area contributed by atoms with Gasteiger partial charge in [0, 0.05) is 12.7 Å². The van der Waals surface area contributed by atoms with Gasteiger partial charge in [-0.25, -0.2) is 18.1 Å². The molecular formula is C12H19N3O3S. The van der Waals surface area contributed by atoms with Gasteiger partial charge in [0.25, 0.3) is 0 Å². The maximum absolute atomic E-state index is 12.0. The van der Waals surface area contributed by atoms with Crippen molar-refractivity contribution in [2.75, 3.05) is 12.3 Å². The first-order valence-electron chi connectivity index (χ1n) is 6.38. The van der Waals surface area contributed by atoms with E-state index in [1.807, 2.05) is 0 Å². The van der Waals surface area contributed by atoms with Crippen LogP contribution in [-0.4, -0.2) is 31.2 Å². The summed E-state index contributed by atoms with van der Waals surface area (Å²) in [6.07, 6.45) is 4.45. The van der Waals surface area contributed by atoms with Crippen LogP contribution in [0.3, 0.4) is 0 Å². The van der Waals surface area contributed by atoms with Crippen molar-refractivity contribution in [2.24, 2.45) is 5.92 Å². The minimum Gasteiger partial charge on any atom is -0.393 e. The first-order chi connectivity index (χ1) is 8.99. The topological polar surface area (TPSA) is 105 Å². The number of aromatic nitrogens is 1. The van der Waals surface area contributed by atoms with Crippen LogP contribution < -0.4 is 10.5 Å². The van der Waals surface area contributed by atoms with Crippen LogP contribution in [0.1, 0.15) is 25.7 Å². The summed E-state index contributed by atoms with van der Waals surface area (Å²) in [6, 6.07) is 2.87. The van der Waals surface area contributed by atoms with Crippen LogP contribution in [0.2, 0.25) is 0 Å².